The SMILES string of the molecule is C=C(C)c1cnccc1N. The number of nitrogens with zero attached hydrogens (tertiary/aromatic N) is 1. The number of hydrogen-bond donors (Lipinski definition) is 1. The van der Waals surface area contributed by atoms with Gasteiger partial charge in [-0.05, 0) is 18.6 Å². The Labute approximate surface area is 60.4 Å². The molecule has 0 aliphatic rings. The molecule has 0 unspecified atom stereocenters. The first-order valence-electron chi connectivity index (χ1n) is 3.07. The lowest BCUT2D eigenvalue weighted by Crippen LogP contribution is -1.91. The summed E-state index contributed by atoms with van der Waals surface area (Å²) in [5, 5.41) is 0. The predicted molar refractivity (Wildman–Crippen MR) is 43.4 cm³/mol. The van der Waals surface area contributed by atoms with Crippen LogP contribution >= 0.6 is 0 Å². The second kappa shape index (κ2) is 2.52. The lowest BCUT2D eigenvalue weighted by atomic mass is 10.1. The van der Waals surface area contributed by atoms with Gasteiger partial charge in [0, 0.05) is 23.6 Å². The number of aromatic nitrogens is 1. The fraction of sp³-hybridized carbons (Fsp3) is 0.125. The maximum Gasteiger partial charge on any atom is 0.0421 e. The topological polar surface area (TPSA) is 38.9 Å². The Morgan fingerprint density at radius 2 is 2.40 bits per heavy atom. The molecule has 10 heavy (non-hydrogen) atoms. The molecule has 0 saturated heterocycles. The molecule has 0 aliphatic carbocycles. The molecule has 1 aromatic heterocycles. The lowest BCUT2D eigenvalue weighted by Gasteiger charge is -2.01. The van der Waals surface area contributed by atoms with Gasteiger partial charge in [-0.1, -0.05) is 6.58 Å². The van der Waals surface area contributed by atoms with Gasteiger partial charge in [-0.3, -0.25) is 4.98 Å². The highest BCUT2D eigenvalue weighted by molar-refractivity contribution is 5.71. The molecule has 1 aromatic rings. The Bertz CT molecular complexity index is 253. The number of rotatable bonds is 1. The minimum Gasteiger partial charge on any atom is -0.398 e. The van der Waals surface area contributed by atoms with Crippen molar-refractivity contribution < 1.29 is 0 Å². The molecule has 0 saturated carbocycles. The third-order valence-electron chi connectivity index (χ3n) is 1.31. The second-order valence-electron chi connectivity index (χ2n) is 2.24. The average molecular weight is 134 g/mol. The number of nitrogen functional groups attached to an aromatic ring is 1. The number of anilines is 1. The van der Waals surface area contributed by atoms with E-state index in [2.05, 4.69) is 11.6 Å². The van der Waals surface area contributed by atoms with E-state index in [1.807, 2.05) is 6.92 Å². The van der Waals surface area contributed by atoms with Crippen molar-refractivity contribution in [1.29, 1.82) is 0 Å². The Morgan fingerprint density at radius 3 is 2.80 bits per heavy atom. The van der Waals surface area contributed by atoms with Gasteiger partial charge in [0.25, 0.3) is 0 Å². The summed E-state index contributed by atoms with van der Waals surface area (Å²) in [6.07, 6.45) is 3.39. The molecule has 0 radical (unpaired) electrons. The number of allylic oxidation sites excluding steroid dienone is 1. The summed E-state index contributed by atoms with van der Waals surface area (Å²) in [4.78, 5) is 3.93. The van der Waals surface area contributed by atoms with E-state index in [0.29, 0.717) is 0 Å². The second-order valence-corrected chi connectivity index (χ2v) is 2.24. The van der Waals surface area contributed by atoms with Crippen molar-refractivity contribution in [1.82, 2.24) is 4.98 Å². The van der Waals surface area contributed by atoms with Gasteiger partial charge >= 0.3 is 0 Å². The monoisotopic (exact) mass is 134 g/mol. The lowest BCUT2D eigenvalue weighted by molar-refractivity contribution is 1.31. The zero-order chi connectivity index (χ0) is 7.56. The molecular weight excluding hydrogens is 124 g/mol. The van der Waals surface area contributed by atoms with Gasteiger partial charge in [0.1, 0.15) is 0 Å². The molecule has 0 spiro atoms. The highest BCUT2D eigenvalue weighted by Crippen LogP contribution is 2.16. The summed E-state index contributed by atoms with van der Waals surface area (Å²) in [5.74, 6) is 0. The number of pyridine rings is 1. The average Bonchev–Trinajstić information content (AvgIpc) is 1.88. The normalized spacial score (nSPS) is 9.30. The maximum atomic E-state index is 5.62. The van der Waals surface area contributed by atoms with Crippen molar-refractivity contribution in [2.24, 2.45) is 0 Å². The summed E-state index contributed by atoms with van der Waals surface area (Å²) in [6, 6.07) is 1.77. The highest BCUT2D eigenvalue weighted by atomic mass is 14.7. The van der Waals surface area contributed by atoms with Crippen LogP contribution in [-0.4, -0.2) is 4.98 Å². The van der Waals surface area contributed by atoms with Crippen LogP contribution in [0.4, 0.5) is 5.69 Å². The van der Waals surface area contributed by atoms with Crippen LogP contribution in [0.2, 0.25) is 0 Å². The zero-order valence-corrected chi connectivity index (χ0v) is 5.96. The number of nitrogens with two attached hydrogens (primary N) is 1. The van der Waals surface area contributed by atoms with E-state index in [-0.39, 0.29) is 0 Å². The minimum atomic E-state index is 0.738. The molecule has 0 bridgehead atoms. The van der Waals surface area contributed by atoms with Crippen LogP contribution < -0.4 is 5.73 Å². The standard InChI is InChI=1S/C8H10N2/c1-6(2)7-5-10-4-3-8(7)9/h3-5H,1H2,2H3,(H2,9,10). The fourth-order valence-corrected chi connectivity index (χ4v) is 0.762. The Kier molecular flexibility index (Phi) is 1.71. The van der Waals surface area contributed by atoms with Crippen LogP contribution in [0.3, 0.4) is 0 Å². The molecule has 2 nitrogen and oxygen atoms in total. The number of hydrogen-bond acceptors (Lipinski definition) is 2. The van der Waals surface area contributed by atoms with Gasteiger partial charge in [0.2, 0.25) is 0 Å². The van der Waals surface area contributed by atoms with Gasteiger partial charge < -0.3 is 5.73 Å². The molecule has 0 amide bonds. The molecule has 0 aliphatic heterocycles. The molecule has 0 atom stereocenters. The predicted octanol–water partition coefficient (Wildman–Crippen LogP) is 1.70. The molecular formula is C8H10N2. The Morgan fingerprint density at radius 1 is 1.70 bits per heavy atom. The van der Waals surface area contributed by atoms with Gasteiger partial charge in [-0.15, -0.1) is 0 Å². The fourth-order valence-electron chi connectivity index (χ4n) is 0.762. The summed E-state index contributed by atoms with van der Waals surface area (Å²) < 4.78 is 0. The van der Waals surface area contributed by atoms with Crippen LogP contribution in [0.1, 0.15) is 12.5 Å². The largest absolute Gasteiger partial charge is 0.398 e. The third kappa shape index (κ3) is 1.16. The van der Waals surface area contributed by atoms with Crippen LogP contribution in [0.5, 0.6) is 0 Å². The smallest absolute Gasteiger partial charge is 0.0421 e. The first-order chi connectivity index (χ1) is 4.72. The van der Waals surface area contributed by atoms with Crippen LogP contribution in [-0.2, 0) is 0 Å². The Hall–Kier alpha value is -1.31. The first-order valence-corrected chi connectivity index (χ1v) is 3.07. The van der Waals surface area contributed by atoms with Crippen molar-refractivity contribution in [2.75, 3.05) is 5.73 Å². The van der Waals surface area contributed by atoms with E-state index in [9.17, 15) is 0 Å². The van der Waals surface area contributed by atoms with Crippen molar-refractivity contribution in [2.45, 2.75) is 6.92 Å². The van der Waals surface area contributed by atoms with Crippen LogP contribution in [0.15, 0.2) is 25.0 Å². The summed E-state index contributed by atoms with van der Waals surface area (Å²) >= 11 is 0. The molecule has 2 heteroatoms. The summed E-state index contributed by atoms with van der Waals surface area (Å²) in [5.41, 5.74) is 8.24. The van der Waals surface area contributed by atoms with Crippen molar-refractivity contribution in [3.8, 4) is 0 Å². The van der Waals surface area contributed by atoms with E-state index in [0.717, 1.165) is 16.8 Å². The molecule has 52 valence electrons. The van der Waals surface area contributed by atoms with Gasteiger partial charge in [-0.25, -0.2) is 0 Å². The molecule has 0 aromatic carbocycles. The van der Waals surface area contributed by atoms with Crippen molar-refractivity contribution in [3.05, 3.63) is 30.6 Å². The maximum absolute atomic E-state index is 5.62. The molecule has 1 rings (SSSR count). The third-order valence-corrected chi connectivity index (χ3v) is 1.31. The minimum absolute atomic E-state index is 0.738. The van der Waals surface area contributed by atoms with Crippen LogP contribution in [0, 0.1) is 0 Å². The molecule has 2 N–H and O–H groups in total. The van der Waals surface area contributed by atoms with Gasteiger partial charge in [-0.2, -0.15) is 0 Å². The molecule has 1 heterocycles. The van der Waals surface area contributed by atoms with Crippen molar-refractivity contribution in [3.63, 3.8) is 0 Å². The van der Waals surface area contributed by atoms with Crippen LogP contribution in [0.25, 0.3) is 5.57 Å². The quantitative estimate of drug-likeness (QED) is 0.634. The zero-order valence-electron chi connectivity index (χ0n) is 5.96. The van der Waals surface area contributed by atoms with Crippen molar-refractivity contribution >= 4 is 11.3 Å². The first kappa shape index (κ1) is 6.81. The van der Waals surface area contributed by atoms with E-state index >= 15 is 0 Å². The highest BCUT2D eigenvalue weighted by Gasteiger charge is 1.96. The van der Waals surface area contributed by atoms with Gasteiger partial charge in [0.15, 0.2) is 0 Å². The van der Waals surface area contributed by atoms with E-state index < -0.39 is 0 Å². The van der Waals surface area contributed by atoms with E-state index in [4.69, 9.17) is 5.73 Å². The van der Waals surface area contributed by atoms with Gasteiger partial charge in [0.05, 0.1) is 0 Å². The van der Waals surface area contributed by atoms with E-state index in [1.165, 1.54) is 0 Å². The Balaban J connectivity index is 3.15. The molecule has 0 fully saturated rings. The van der Waals surface area contributed by atoms with E-state index in [1.54, 1.807) is 18.5 Å². The summed E-state index contributed by atoms with van der Waals surface area (Å²) in [7, 11) is 0. The summed E-state index contributed by atoms with van der Waals surface area (Å²) in [6.45, 7) is 5.68.